The standard InChI is InChI=1S/C17H22N2O/c1-20-17-8-4-14(5-9-17)2-6-16(18)7-3-15-10-12-19-13-11-15/h4-5,8-13,16H,2-3,6-7,18H2,1H3. The van der Waals surface area contributed by atoms with Crippen molar-refractivity contribution in [2.24, 2.45) is 5.73 Å². The highest BCUT2D eigenvalue weighted by atomic mass is 16.5. The van der Waals surface area contributed by atoms with E-state index >= 15 is 0 Å². The monoisotopic (exact) mass is 270 g/mol. The predicted molar refractivity (Wildman–Crippen MR) is 81.8 cm³/mol. The minimum Gasteiger partial charge on any atom is -0.497 e. The minimum absolute atomic E-state index is 0.241. The summed E-state index contributed by atoms with van der Waals surface area (Å²) in [7, 11) is 1.68. The zero-order valence-electron chi connectivity index (χ0n) is 12.0. The van der Waals surface area contributed by atoms with E-state index in [2.05, 4.69) is 29.2 Å². The highest BCUT2D eigenvalue weighted by Gasteiger charge is 2.04. The zero-order valence-corrected chi connectivity index (χ0v) is 12.0. The van der Waals surface area contributed by atoms with E-state index in [0.717, 1.165) is 31.4 Å². The van der Waals surface area contributed by atoms with Gasteiger partial charge in [-0.1, -0.05) is 12.1 Å². The quantitative estimate of drug-likeness (QED) is 0.841. The Morgan fingerprint density at radius 1 is 0.950 bits per heavy atom. The molecular formula is C17H22N2O. The van der Waals surface area contributed by atoms with Crippen molar-refractivity contribution in [1.29, 1.82) is 0 Å². The minimum atomic E-state index is 0.241. The fourth-order valence-electron chi connectivity index (χ4n) is 2.19. The van der Waals surface area contributed by atoms with Crippen LogP contribution in [0.2, 0.25) is 0 Å². The molecule has 3 nitrogen and oxygen atoms in total. The van der Waals surface area contributed by atoms with Crippen molar-refractivity contribution in [3.63, 3.8) is 0 Å². The molecule has 0 radical (unpaired) electrons. The second-order valence-electron chi connectivity index (χ2n) is 5.04. The summed E-state index contributed by atoms with van der Waals surface area (Å²) in [5.41, 5.74) is 8.80. The Morgan fingerprint density at radius 3 is 2.05 bits per heavy atom. The van der Waals surface area contributed by atoms with Gasteiger partial charge >= 0.3 is 0 Å². The summed E-state index contributed by atoms with van der Waals surface area (Å²) in [4.78, 5) is 4.02. The number of rotatable bonds is 7. The number of methoxy groups -OCH3 is 1. The molecule has 0 aliphatic rings. The van der Waals surface area contributed by atoms with E-state index in [1.54, 1.807) is 7.11 Å². The topological polar surface area (TPSA) is 48.1 Å². The maximum Gasteiger partial charge on any atom is 0.118 e. The van der Waals surface area contributed by atoms with Crippen LogP contribution in [0.1, 0.15) is 24.0 Å². The molecule has 2 rings (SSSR count). The Bertz CT molecular complexity index is 496. The molecule has 1 atom stereocenters. The Morgan fingerprint density at radius 2 is 1.50 bits per heavy atom. The highest BCUT2D eigenvalue weighted by Crippen LogP contribution is 2.14. The lowest BCUT2D eigenvalue weighted by Gasteiger charge is -2.11. The number of nitrogens with zero attached hydrogens (tertiary/aromatic N) is 1. The first-order valence-electron chi connectivity index (χ1n) is 7.05. The number of nitrogens with two attached hydrogens (primary N) is 1. The number of pyridine rings is 1. The molecule has 0 aliphatic carbocycles. The van der Waals surface area contributed by atoms with Crippen molar-refractivity contribution in [2.45, 2.75) is 31.7 Å². The van der Waals surface area contributed by atoms with Gasteiger partial charge in [0.25, 0.3) is 0 Å². The van der Waals surface area contributed by atoms with Crippen LogP contribution in [-0.2, 0) is 12.8 Å². The first kappa shape index (κ1) is 14.5. The van der Waals surface area contributed by atoms with Gasteiger partial charge in [0, 0.05) is 18.4 Å². The van der Waals surface area contributed by atoms with Crippen LogP contribution in [-0.4, -0.2) is 18.1 Å². The van der Waals surface area contributed by atoms with Crippen molar-refractivity contribution in [3.8, 4) is 5.75 Å². The third kappa shape index (κ3) is 4.67. The van der Waals surface area contributed by atoms with E-state index in [4.69, 9.17) is 10.5 Å². The number of benzene rings is 1. The van der Waals surface area contributed by atoms with Crippen LogP contribution >= 0.6 is 0 Å². The van der Waals surface area contributed by atoms with Gasteiger partial charge < -0.3 is 10.5 Å². The molecule has 0 fully saturated rings. The first-order chi connectivity index (χ1) is 9.78. The van der Waals surface area contributed by atoms with Gasteiger partial charge in [-0.25, -0.2) is 0 Å². The number of ether oxygens (including phenoxy) is 1. The first-order valence-corrected chi connectivity index (χ1v) is 7.05. The molecule has 0 bridgehead atoms. The highest BCUT2D eigenvalue weighted by molar-refractivity contribution is 5.27. The molecule has 3 heteroatoms. The van der Waals surface area contributed by atoms with Gasteiger partial charge in [-0.3, -0.25) is 4.98 Å². The van der Waals surface area contributed by atoms with Crippen molar-refractivity contribution in [3.05, 3.63) is 59.9 Å². The largest absolute Gasteiger partial charge is 0.497 e. The summed E-state index contributed by atoms with van der Waals surface area (Å²) < 4.78 is 5.15. The van der Waals surface area contributed by atoms with Gasteiger partial charge in [0.1, 0.15) is 5.75 Å². The van der Waals surface area contributed by atoms with Crippen molar-refractivity contribution in [1.82, 2.24) is 4.98 Å². The fraction of sp³-hybridized carbons (Fsp3) is 0.353. The van der Waals surface area contributed by atoms with Crippen molar-refractivity contribution >= 4 is 0 Å². The molecule has 1 aromatic heterocycles. The summed E-state index contributed by atoms with van der Waals surface area (Å²) in [5, 5.41) is 0. The van der Waals surface area contributed by atoms with Crippen LogP contribution in [0.25, 0.3) is 0 Å². The molecule has 0 saturated heterocycles. The van der Waals surface area contributed by atoms with Crippen molar-refractivity contribution in [2.75, 3.05) is 7.11 Å². The molecule has 1 heterocycles. The van der Waals surface area contributed by atoms with Crippen LogP contribution in [0, 0.1) is 0 Å². The van der Waals surface area contributed by atoms with E-state index in [1.165, 1.54) is 11.1 Å². The van der Waals surface area contributed by atoms with E-state index in [-0.39, 0.29) is 6.04 Å². The molecular weight excluding hydrogens is 248 g/mol. The lowest BCUT2D eigenvalue weighted by molar-refractivity contribution is 0.414. The Balaban J connectivity index is 1.73. The Hall–Kier alpha value is -1.87. The van der Waals surface area contributed by atoms with E-state index in [9.17, 15) is 0 Å². The number of aromatic nitrogens is 1. The second kappa shape index (κ2) is 7.65. The average molecular weight is 270 g/mol. The maximum absolute atomic E-state index is 6.19. The molecule has 2 N–H and O–H groups in total. The Kier molecular flexibility index (Phi) is 5.56. The SMILES string of the molecule is COc1ccc(CCC(N)CCc2ccncc2)cc1. The van der Waals surface area contributed by atoms with E-state index in [1.807, 2.05) is 24.5 Å². The summed E-state index contributed by atoms with van der Waals surface area (Å²) >= 11 is 0. The van der Waals surface area contributed by atoms with Crippen LogP contribution in [0.5, 0.6) is 5.75 Å². The maximum atomic E-state index is 6.19. The van der Waals surface area contributed by atoms with Gasteiger partial charge in [-0.05, 0) is 61.1 Å². The summed E-state index contributed by atoms with van der Waals surface area (Å²) in [6.07, 6.45) is 7.72. The normalized spacial score (nSPS) is 12.1. The van der Waals surface area contributed by atoms with Gasteiger partial charge in [-0.2, -0.15) is 0 Å². The molecule has 1 unspecified atom stereocenters. The van der Waals surface area contributed by atoms with Crippen LogP contribution in [0.4, 0.5) is 0 Å². The van der Waals surface area contributed by atoms with Gasteiger partial charge in [0.15, 0.2) is 0 Å². The molecule has 20 heavy (non-hydrogen) atoms. The molecule has 0 saturated carbocycles. The molecule has 2 aromatic rings. The smallest absolute Gasteiger partial charge is 0.118 e. The molecule has 1 aromatic carbocycles. The average Bonchev–Trinajstić information content (AvgIpc) is 2.52. The molecule has 106 valence electrons. The summed E-state index contributed by atoms with van der Waals surface area (Å²) in [6, 6.07) is 12.6. The number of hydrogen-bond acceptors (Lipinski definition) is 3. The van der Waals surface area contributed by atoms with Gasteiger partial charge in [0.05, 0.1) is 7.11 Å². The Labute approximate surface area is 120 Å². The molecule has 0 spiro atoms. The van der Waals surface area contributed by atoms with Crippen LogP contribution in [0.3, 0.4) is 0 Å². The fourth-order valence-corrected chi connectivity index (χ4v) is 2.19. The van der Waals surface area contributed by atoms with E-state index < -0.39 is 0 Å². The third-order valence-corrected chi connectivity index (χ3v) is 3.52. The lowest BCUT2D eigenvalue weighted by atomic mass is 10.0. The van der Waals surface area contributed by atoms with Gasteiger partial charge in [0.2, 0.25) is 0 Å². The summed E-state index contributed by atoms with van der Waals surface area (Å²) in [5.74, 6) is 0.899. The summed E-state index contributed by atoms with van der Waals surface area (Å²) in [6.45, 7) is 0. The van der Waals surface area contributed by atoms with Crippen molar-refractivity contribution < 1.29 is 4.74 Å². The number of aryl methyl sites for hydroxylation is 2. The third-order valence-electron chi connectivity index (χ3n) is 3.52. The van der Waals surface area contributed by atoms with E-state index in [0.29, 0.717) is 0 Å². The number of hydrogen-bond donors (Lipinski definition) is 1. The lowest BCUT2D eigenvalue weighted by Crippen LogP contribution is -2.21. The predicted octanol–water partition coefficient (Wildman–Crippen LogP) is 2.98. The zero-order chi connectivity index (χ0) is 14.2. The molecule has 0 aliphatic heterocycles. The van der Waals surface area contributed by atoms with Crippen LogP contribution in [0.15, 0.2) is 48.8 Å². The van der Waals surface area contributed by atoms with Crippen LogP contribution < -0.4 is 10.5 Å². The molecule has 0 amide bonds. The van der Waals surface area contributed by atoms with Gasteiger partial charge in [-0.15, -0.1) is 0 Å². The second-order valence-corrected chi connectivity index (χ2v) is 5.04.